The fourth-order valence-electron chi connectivity index (χ4n) is 0.641. The molecule has 56 valence electrons. The zero-order valence-corrected chi connectivity index (χ0v) is 5.59. The Morgan fingerprint density at radius 1 is 1.60 bits per heavy atom. The highest BCUT2D eigenvalue weighted by molar-refractivity contribution is 5.80. The van der Waals surface area contributed by atoms with Crippen molar-refractivity contribution in [3.05, 3.63) is 0 Å². The van der Waals surface area contributed by atoms with Gasteiger partial charge in [0.05, 0.1) is 6.54 Å². The average molecular weight is 142 g/mol. The smallest absolute Gasteiger partial charge is 0.239 e. The van der Waals surface area contributed by atoms with Gasteiger partial charge in [-0.3, -0.25) is 9.59 Å². The van der Waals surface area contributed by atoms with E-state index in [4.69, 9.17) is 0 Å². The van der Waals surface area contributed by atoms with Gasteiger partial charge in [-0.1, -0.05) is 0 Å². The third-order valence-electron chi connectivity index (χ3n) is 1.29. The van der Waals surface area contributed by atoms with Gasteiger partial charge in [0.15, 0.2) is 0 Å². The zero-order valence-electron chi connectivity index (χ0n) is 5.59. The lowest BCUT2D eigenvalue weighted by Gasteiger charge is -1.99. The fourth-order valence-corrected chi connectivity index (χ4v) is 0.641. The van der Waals surface area contributed by atoms with Gasteiger partial charge in [-0.25, -0.2) is 0 Å². The molecule has 1 saturated carbocycles. The number of nitrogens with one attached hydrogen (secondary N) is 2. The standard InChI is InChI=1S/C6H10N2O2/c9-4-7-3-6(10)8-5-1-2-5/h4-5H,1-3H2,(H,7,9)(H,8,10). The van der Waals surface area contributed by atoms with Crippen molar-refractivity contribution in [3.8, 4) is 0 Å². The second-order valence-corrected chi connectivity index (χ2v) is 2.34. The summed E-state index contributed by atoms with van der Waals surface area (Å²) in [6, 6.07) is 0.376. The molecule has 0 aromatic heterocycles. The molecule has 0 bridgehead atoms. The van der Waals surface area contributed by atoms with Crippen molar-refractivity contribution in [3.63, 3.8) is 0 Å². The van der Waals surface area contributed by atoms with Gasteiger partial charge in [0.25, 0.3) is 0 Å². The summed E-state index contributed by atoms with van der Waals surface area (Å²) in [5, 5.41) is 5.02. The molecule has 4 nitrogen and oxygen atoms in total. The van der Waals surface area contributed by atoms with E-state index in [-0.39, 0.29) is 12.5 Å². The van der Waals surface area contributed by atoms with E-state index in [0.717, 1.165) is 12.8 Å². The van der Waals surface area contributed by atoms with Crippen LogP contribution >= 0.6 is 0 Å². The molecule has 0 unspecified atom stereocenters. The van der Waals surface area contributed by atoms with Crippen LogP contribution in [-0.4, -0.2) is 24.9 Å². The van der Waals surface area contributed by atoms with E-state index in [1.54, 1.807) is 0 Å². The first kappa shape index (κ1) is 7.05. The van der Waals surface area contributed by atoms with E-state index in [2.05, 4.69) is 10.6 Å². The monoisotopic (exact) mass is 142 g/mol. The maximum atomic E-state index is 10.7. The Hall–Kier alpha value is -1.06. The maximum absolute atomic E-state index is 10.7. The number of rotatable bonds is 4. The summed E-state index contributed by atoms with van der Waals surface area (Å²) in [6.07, 6.45) is 2.67. The van der Waals surface area contributed by atoms with Crippen molar-refractivity contribution in [2.75, 3.05) is 6.54 Å². The number of hydrogen-bond acceptors (Lipinski definition) is 2. The molecular formula is C6H10N2O2. The Bertz CT molecular complexity index is 143. The molecule has 0 spiro atoms. The van der Waals surface area contributed by atoms with Crippen LogP contribution in [-0.2, 0) is 9.59 Å². The van der Waals surface area contributed by atoms with Crippen molar-refractivity contribution in [2.45, 2.75) is 18.9 Å². The molecule has 0 atom stereocenters. The van der Waals surface area contributed by atoms with Crippen molar-refractivity contribution in [1.82, 2.24) is 10.6 Å². The molecule has 0 aromatic rings. The van der Waals surface area contributed by atoms with E-state index >= 15 is 0 Å². The molecule has 4 heteroatoms. The van der Waals surface area contributed by atoms with Gasteiger partial charge in [-0.05, 0) is 12.8 Å². The van der Waals surface area contributed by atoms with Gasteiger partial charge in [0.2, 0.25) is 12.3 Å². The van der Waals surface area contributed by atoms with E-state index in [1.165, 1.54) is 0 Å². The molecule has 2 amide bonds. The molecule has 1 aliphatic rings. The number of hydrogen-bond donors (Lipinski definition) is 2. The highest BCUT2D eigenvalue weighted by atomic mass is 16.2. The number of carbonyl (C=O) groups is 2. The number of carbonyl (C=O) groups excluding carboxylic acids is 2. The summed E-state index contributed by atoms with van der Waals surface area (Å²) < 4.78 is 0. The Labute approximate surface area is 59.0 Å². The van der Waals surface area contributed by atoms with Gasteiger partial charge in [-0.2, -0.15) is 0 Å². The molecule has 0 aromatic carbocycles. The highest BCUT2D eigenvalue weighted by Crippen LogP contribution is 2.17. The van der Waals surface area contributed by atoms with Crippen LogP contribution in [0.3, 0.4) is 0 Å². The Balaban J connectivity index is 2.02. The van der Waals surface area contributed by atoms with Crippen LogP contribution < -0.4 is 10.6 Å². The second kappa shape index (κ2) is 3.20. The minimum atomic E-state index is -0.102. The van der Waals surface area contributed by atoms with Gasteiger partial charge >= 0.3 is 0 Å². The maximum Gasteiger partial charge on any atom is 0.239 e. The van der Waals surface area contributed by atoms with Gasteiger partial charge < -0.3 is 10.6 Å². The second-order valence-electron chi connectivity index (χ2n) is 2.34. The summed E-state index contributed by atoms with van der Waals surface area (Å²) in [7, 11) is 0. The summed E-state index contributed by atoms with van der Waals surface area (Å²) in [4.78, 5) is 20.4. The van der Waals surface area contributed by atoms with E-state index in [9.17, 15) is 9.59 Å². The van der Waals surface area contributed by atoms with Crippen molar-refractivity contribution in [1.29, 1.82) is 0 Å². The molecule has 1 rings (SSSR count). The van der Waals surface area contributed by atoms with E-state index in [0.29, 0.717) is 12.5 Å². The van der Waals surface area contributed by atoms with Gasteiger partial charge in [0.1, 0.15) is 0 Å². The van der Waals surface area contributed by atoms with Gasteiger partial charge in [-0.15, -0.1) is 0 Å². The molecular weight excluding hydrogens is 132 g/mol. The highest BCUT2D eigenvalue weighted by Gasteiger charge is 2.22. The summed E-state index contributed by atoms with van der Waals surface area (Å²) >= 11 is 0. The first-order valence-corrected chi connectivity index (χ1v) is 3.29. The van der Waals surface area contributed by atoms with Crippen LogP contribution in [0, 0.1) is 0 Å². The quantitative estimate of drug-likeness (QED) is 0.495. The lowest BCUT2D eigenvalue weighted by atomic mass is 10.5. The van der Waals surface area contributed by atoms with Crippen molar-refractivity contribution in [2.24, 2.45) is 0 Å². The molecule has 1 fully saturated rings. The van der Waals surface area contributed by atoms with Crippen molar-refractivity contribution < 1.29 is 9.59 Å². The number of amides is 2. The average Bonchev–Trinajstić information content (AvgIpc) is 2.67. The first-order valence-electron chi connectivity index (χ1n) is 3.29. The lowest BCUT2D eigenvalue weighted by molar-refractivity contribution is -0.122. The molecule has 2 N–H and O–H groups in total. The minimum absolute atomic E-state index is 0.0972. The summed E-state index contributed by atoms with van der Waals surface area (Å²) in [5.74, 6) is -0.102. The Morgan fingerprint density at radius 3 is 2.80 bits per heavy atom. The predicted molar refractivity (Wildman–Crippen MR) is 35.2 cm³/mol. The zero-order chi connectivity index (χ0) is 7.40. The Kier molecular flexibility index (Phi) is 2.25. The SMILES string of the molecule is O=CNCC(=O)NC1CC1. The predicted octanol–water partition coefficient (Wildman–Crippen LogP) is -0.989. The topological polar surface area (TPSA) is 58.2 Å². The summed E-state index contributed by atoms with van der Waals surface area (Å²) in [6.45, 7) is 0.0972. The van der Waals surface area contributed by atoms with Crippen LogP contribution in [0.2, 0.25) is 0 Å². The molecule has 0 saturated heterocycles. The third-order valence-corrected chi connectivity index (χ3v) is 1.29. The van der Waals surface area contributed by atoms with E-state index < -0.39 is 0 Å². The minimum Gasteiger partial charge on any atom is -0.352 e. The largest absolute Gasteiger partial charge is 0.352 e. The third kappa shape index (κ3) is 2.48. The van der Waals surface area contributed by atoms with Crippen LogP contribution in [0.1, 0.15) is 12.8 Å². The van der Waals surface area contributed by atoms with Crippen LogP contribution in [0.25, 0.3) is 0 Å². The van der Waals surface area contributed by atoms with Crippen LogP contribution in [0.5, 0.6) is 0 Å². The van der Waals surface area contributed by atoms with Crippen LogP contribution in [0.4, 0.5) is 0 Å². The summed E-state index contributed by atoms with van der Waals surface area (Å²) in [5.41, 5.74) is 0. The molecule has 1 aliphatic carbocycles. The van der Waals surface area contributed by atoms with Crippen LogP contribution in [0.15, 0.2) is 0 Å². The van der Waals surface area contributed by atoms with Crippen molar-refractivity contribution >= 4 is 12.3 Å². The molecule has 0 radical (unpaired) electrons. The fraction of sp³-hybridized carbons (Fsp3) is 0.667. The molecule has 10 heavy (non-hydrogen) atoms. The Morgan fingerprint density at radius 2 is 2.30 bits per heavy atom. The van der Waals surface area contributed by atoms with E-state index in [1.807, 2.05) is 0 Å². The molecule has 0 heterocycles. The lowest BCUT2D eigenvalue weighted by Crippen LogP contribution is -2.34. The normalized spacial score (nSPS) is 16.0. The molecule has 0 aliphatic heterocycles. The van der Waals surface area contributed by atoms with Gasteiger partial charge in [0, 0.05) is 6.04 Å². The first-order chi connectivity index (χ1) is 4.83.